The first-order valence-electron chi connectivity index (χ1n) is 10.6. The van der Waals surface area contributed by atoms with E-state index in [9.17, 15) is 13.2 Å². The molecule has 1 saturated heterocycles. The lowest BCUT2D eigenvalue weighted by molar-refractivity contribution is -0.131. The first-order valence-corrected chi connectivity index (χ1v) is 12.0. The molecule has 0 aliphatic carbocycles. The Balaban J connectivity index is 1.65. The summed E-state index contributed by atoms with van der Waals surface area (Å²) in [6.45, 7) is 6.82. The van der Waals surface area contributed by atoms with Crippen LogP contribution in [0.15, 0.2) is 23.1 Å². The quantitative estimate of drug-likeness (QED) is 0.654. The van der Waals surface area contributed by atoms with Crippen LogP contribution in [-0.4, -0.2) is 64.7 Å². The maximum absolute atomic E-state index is 12.7. The molecule has 0 radical (unpaired) electrons. The predicted molar refractivity (Wildman–Crippen MR) is 112 cm³/mol. The van der Waals surface area contributed by atoms with Gasteiger partial charge in [-0.25, -0.2) is 13.1 Å². The van der Waals surface area contributed by atoms with Gasteiger partial charge in [0.15, 0.2) is 0 Å². The van der Waals surface area contributed by atoms with E-state index in [2.05, 4.69) is 10.3 Å². The highest BCUT2D eigenvalue weighted by Crippen LogP contribution is 2.21. The van der Waals surface area contributed by atoms with Crippen LogP contribution in [0.25, 0.3) is 11.0 Å². The van der Waals surface area contributed by atoms with Crippen molar-refractivity contribution in [3.8, 4) is 0 Å². The van der Waals surface area contributed by atoms with E-state index in [1.165, 1.54) is 17.1 Å². The van der Waals surface area contributed by atoms with Crippen molar-refractivity contribution in [1.82, 2.24) is 24.2 Å². The van der Waals surface area contributed by atoms with E-state index in [-0.39, 0.29) is 10.8 Å². The van der Waals surface area contributed by atoms with Crippen LogP contribution in [-0.2, 0) is 21.4 Å². The highest BCUT2D eigenvalue weighted by Gasteiger charge is 2.22. The SMILES string of the molecule is CCN(CC)S(=O)(=O)c1ccc2c(c1)nnn2CCCC(=O)N1CCCCCC1. The van der Waals surface area contributed by atoms with Crippen molar-refractivity contribution in [1.29, 1.82) is 0 Å². The van der Waals surface area contributed by atoms with Gasteiger partial charge < -0.3 is 4.90 Å². The lowest BCUT2D eigenvalue weighted by Crippen LogP contribution is -2.31. The summed E-state index contributed by atoms with van der Waals surface area (Å²) < 4.78 is 28.6. The second kappa shape index (κ2) is 9.67. The molecule has 0 N–H and O–H groups in total. The minimum atomic E-state index is -3.52. The molecule has 1 amide bonds. The number of hydrogen-bond donors (Lipinski definition) is 0. The number of amides is 1. The van der Waals surface area contributed by atoms with E-state index in [0.717, 1.165) is 31.4 Å². The zero-order chi connectivity index (χ0) is 20.9. The number of carbonyl (C=O) groups excluding carboxylic acids is 1. The van der Waals surface area contributed by atoms with Crippen LogP contribution in [0.5, 0.6) is 0 Å². The fourth-order valence-electron chi connectivity index (χ4n) is 3.85. The van der Waals surface area contributed by atoms with E-state index in [4.69, 9.17) is 0 Å². The fourth-order valence-corrected chi connectivity index (χ4v) is 5.33. The van der Waals surface area contributed by atoms with Gasteiger partial charge in [-0.15, -0.1) is 5.10 Å². The maximum atomic E-state index is 12.7. The first kappa shape index (κ1) is 21.7. The summed E-state index contributed by atoms with van der Waals surface area (Å²) in [5.74, 6) is 0.212. The third-order valence-electron chi connectivity index (χ3n) is 5.55. The second-order valence-corrected chi connectivity index (χ2v) is 9.39. The first-order chi connectivity index (χ1) is 14.0. The number of sulfonamides is 1. The number of hydrogen-bond acceptors (Lipinski definition) is 5. The molecule has 0 atom stereocenters. The molecule has 0 spiro atoms. The van der Waals surface area contributed by atoms with Crippen LogP contribution in [0.4, 0.5) is 0 Å². The van der Waals surface area contributed by atoms with Crippen LogP contribution >= 0.6 is 0 Å². The van der Waals surface area contributed by atoms with Gasteiger partial charge >= 0.3 is 0 Å². The topological polar surface area (TPSA) is 88.4 Å². The molecule has 1 aromatic carbocycles. The molecule has 1 fully saturated rings. The van der Waals surface area contributed by atoms with Crippen molar-refractivity contribution in [2.24, 2.45) is 0 Å². The normalized spacial score (nSPS) is 15.8. The van der Waals surface area contributed by atoms with Gasteiger partial charge in [-0.3, -0.25) is 4.79 Å². The average Bonchev–Trinajstić information content (AvgIpc) is 2.92. The van der Waals surface area contributed by atoms with Gasteiger partial charge in [0.25, 0.3) is 0 Å². The Hall–Kier alpha value is -2.00. The minimum Gasteiger partial charge on any atom is -0.343 e. The number of aryl methyl sites for hydroxylation is 1. The van der Waals surface area contributed by atoms with Crippen LogP contribution in [0, 0.1) is 0 Å². The monoisotopic (exact) mass is 421 g/mol. The molecule has 1 aromatic heterocycles. The molecular weight excluding hydrogens is 390 g/mol. The highest BCUT2D eigenvalue weighted by atomic mass is 32.2. The van der Waals surface area contributed by atoms with Gasteiger partial charge in [0.2, 0.25) is 15.9 Å². The van der Waals surface area contributed by atoms with Gasteiger partial charge in [-0.1, -0.05) is 31.9 Å². The third-order valence-corrected chi connectivity index (χ3v) is 7.59. The Morgan fingerprint density at radius 2 is 1.79 bits per heavy atom. The van der Waals surface area contributed by atoms with E-state index in [0.29, 0.717) is 38.0 Å². The van der Waals surface area contributed by atoms with Gasteiger partial charge in [0.05, 0.1) is 10.4 Å². The van der Waals surface area contributed by atoms with Crippen molar-refractivity contribution < 1.29 is 13.2 Å². The van der Waals surface area contributed by atoms with Gasteiger partial charge in [0, 0.05) is 39.1 Å². The number of nitrogens with zero attached hydrogens (tertiary/aromatic N) is 5. The number of likely N-dealkylation sites (tertiary alicyclic amines) is 1. The summed E-state index contributed by atoms with van der Waals surface area (Å²) in [7, 11) is -3.52. The lowest BCUT2D eigenvalue weighted by atomic mass is 10.2. The summed E-state index contributed by atoms with van der Waals surface area (Å²) in [5.41, 5.74) is 1.34. The number of fused-ring (bicyclic) bond motifs is 1. The number of aromatic nitrogens is 3. The van der Waals surface area contributed by atoms with Crippen LogP contribution in [0.3, 0.4) is 0 Å². The molecule has 9 heteroatoms. The average molecular weight is 422 g/mol. The molecule has 2 aromatic rings. The van der Waals surface area contributed by atoms with Gasteiger partial charge in [-0.2, -0.15) is 4.31 Å². The summed E-state index contributed by atoms with van der Waals surface area (Å²) in [6, 6.07) is 4.94. The number of rotatable bonds is 8. The van der Waals surface area contributed by atoms with Crippen LogP contribution in [0.1, 0.15) is 52.4 Å². The minimum absolute atomic E-state index is 0.212. The smallest absolute Gasteiger partial charge is 0.243 e. The molecule has 2 heterocycles. The standard InChI is InChI=1S/C20H31N5O3S/c1-3-24(4-2)29(27,28)17-11-12-19-18(16-17)21-22-25(19)15-9-10-20(26)23-13-7-5-6-8-14-23/h11-12,16H,3-10,13-15H2,1-2H3. The Labute approximate surface area is 172 Å². The lowest BCUT2D eigenvalue weighted by Gasteiger charge is -2.20. The Morgan fingerprint density at radius 3 is 2.45 bits per heavy atom. The molecule has 29 heavy (non-hydrogen) atoms. The zero-order valence-electron chi connectivity index (χ0n) is 17.4. The van der Waals surface area contributed by atoms with E-state index < -0.39 is 10.0 Å². The third kappa shape index (κ3) is 4.95. The van der Waals surface area contributed by atoms with E-state index in [1.807, 2.05) is 18.7 Å². The predicted octanol–water partition coefficient (Wildman–Crippen LogP) is 2.64. The fraction of sp³-hybridized carbons (Fsp3) is 0.650. The molecule has 8 nitrogen and oxygen atoms in total. The van der Waals surface area contributed by atoms with E-state index in [1.54, 1.807) is 22.9 Å². The summed E-state index contributed by atoms with van der Waals surface area (Å²) in [5, 5.41) is 8.30. The zero-order valence-corrected chi connectivity index (χ0v) is 18.2. The van der Waals surface area contributed by atoms with Crippen molar-refractivity contribution in [2.75, 3.05) is 26.2 Å². The molecule has 0 unspecified atom stereocenters. The van der Waals surface area contributed by atoms with Crippen LogP contribution in [0.2, 0.25) is 0 Å². The Kier molecular flexibility index (Phi) is 7.23. The molecule has 160 valence electrons. The second-order valence-electron chi connectivity index (χ2n) is 7.45. The summed E-state index contributed by atoms with van der Waals surface area (Å²) >= 11 is 0. The van der Waals surface area contributed by atoms with Crippen molar-refractivity contribution >= 4 is 27.0 Å². The van der Waals surface area contributed by atoms with Crippen molar-refractivity contribution in [2.45, 2.75) is 63.8 Å². The molecule has 0 bridgehead atoms. The van der Waals surface area contributed by atoms with Gasteiger partial charge in [0.1, 0.15) is 5.52 Å². The molecule has 3 rings (SSSR count). The Morgan fingerprint density at radius 1 is 1.10 bits per heavy atom. The molecule has 1 aliphatic rings. The number of benzene rings is 1. The summed E-state index contributed by atoms with van der Waals surface area (Å²) in [4.78, 5) is 14.6. The summed E-state index contributed by atoms with van der Waals surface area (Å²) in [6.07, 6.45) is 5.79. The van der Waals surface area contributed by atoms with Crippen molar-refractivity contribution in [3.05, 3.63) is 18.2 Å². The van der Waals surface area contributed by atoms with Crippen LogP contribution < -0.4 is 0 Å². The highest BCUT2D eigenvalue weighted by molar-refractivity contribution is 7.89. The van der Waals surface area contributed by atoms with Gasteiger partial charge in [-0.05, 0) is 37.5 Å². The van der Waals surface area contributed by atoms with E-state index >= 15 is 0 Å². The number of carbonyl (C=O) groups is 1. The largest absolute Gasteiger partial charge is 0.343 e. The van der Waals surface area contributed by atoms with Crippen molar-refractivity contribution in [3.63, 3.8) is 0 Å². The molecule has 1 aliphatic heterocycles. The molecule has 0 saturated carbocycles. The molecular formula is C20H31N5O3S. The maximum Gasteiger partial charge on any atom is 0.243 e. The Bertz CT molecular complexity index is 929.